The summed E-state index contributed by atoms with van der Waals surface area (Å²) in [6.07, 6.45) is 3.62. The second-order valence-electron chi connectivity index (χ2n) is 6.17. The molecule has 0 N–H and O–H groups in total. The van der Waals surface area contributed by atoms with E-state index in [9.17, 15) is 4.79 Å². The predicted octanol–water partition coefficient (Wildman–Crippen LogP) is 3.31. The van der Waals surface area contributed by atoms with Crippen molar-refractivity contribution in [3.63, 3.8) is 0 Å². The van der Waals surface area contributed by atoms with E-state index in [2.05, 4.69) is 32.0 Å². The van der Waals surface area contributed by atoms with Gasteiger partial charge in [0.25, 0.3) is 0 Å². The van der Waals surface area contributed by atoms with Crippen molar-refractivity contribution in [2.75, 3.05) is 11.9 Å². The Morgan fingerprint density at radius 3 is 2.17 bits per heavy atom. The van der Waals surface area contributed by atoms with Crippen molar-refractivity contribution in [3.05, 3.63) is 29.3 Å². The van der Waals surface area contributed by atoms with Crippen molar-refractivity contribution in [2.24, 2.45) is 17.8 Å². The minimum Gasteiger partial charge on any atom is -0.315 e. The van der Waals surface area contributed by atoms with Gasteiger partial charge in [0.15, 0.2) is 0 Å². The second kappa shape index (κ2) is 4.11. The number of rotatable bonds is 2. The van der Waals surface area contributed by atoms with Crippen molar-refractivity contribution in [3.8, 4) is 0 Å². The molecule has 18 heavy (non-hydrogen) atoms. The Morgan fingerprint density at radius 1 is 1.06 bits per heavy atom. The van der Waals surface area contributed by atoms with Crippen molar-refractivity contribution in [1.29, 1.82) is 0 Å². The van der Waals surface area contributed by atoms with Gasteiger partial charge in [0.05, 0.1) is 0 Å². The van der Waals surface area contributed by atoms with Crippen LogP contribution >= 0.6 is 0 Å². The number of anilines is 1. The summed E-state index contributed by atoms with van der Waals surface area (Å²) in [5.41, 5.74) is 3.48. The zero-order valence-corrected chi connectivity index (χ0v) is 11.4. The van der Waals surface area contributed by atoms with Gasteiger partial charge >= 0.3 is 0 Å². The highest BCUT2D eigenvalue weighted by Gasteiger charge is 2.48. The van der Waals surface area contributed by atoms with Crippen LogP contribution in [0.15, 0.2) is 18.2 Å². The maximum atomic E-state index is 12.5. The maximum Gasteiger partial charge on any atom is 0.229 e. The normalized spacial score (nSPS) is 28.9. The molecule has 2 aliphatic carbocycles. The Hall–Kier alpha value is -1.31. The summed E-state index contributed by atoms with van der Waals surface area (Å²) in [6.45, 7) is 4.17. The lowest BCUT2D eigenvalue weighted by molar-refractivity contribution is -0.122. The number of fused-ring (bicyclic) bond motifs is 1. The molecular formula is C16H21NO. The van der Waals surface area contributed by atoms with Crippen molar-refractivity contribution in [1.82, 2.24) is 0 Å². The Morgan fingerprint density at radius 2 is 1.61 bits per heavy atom. The second-order valence-corrected chi connectivity index (χ2v) is 6.17. The van der Waals surface area contributed by atoms with E-state index in [1.807, 2.05) is 11.9 Å². The van der Waals surface area contributed by atoms with Gasteiger partial charge in [0, 0.05) is 18.7 Å². The summed E-state index contributed by atoms with van der Waals surface area (Å²) in [7, 11) is 1.92. The van der Waals surface area contributed by atoms with Crippen LogP contribution in [0.5, 0.6) is 0 Å². The fourth-order valence-electron chi connectivity index (χ4n) is 3.46. The topological polar surface area (TPSA) is 20.3 Å². The minimum absolute atomic E-state index is 0.277. The van der Waals surface area contributed by atoms with Gasteiger partial charge in [0.2, 0.25) is 5.91 Å². The number of hydrogen-bond donors (Lipinski definition) is 0. The van der Waals surface area contributed by atoms with E-state index < -0.39 is 0 Å². The molecule has 1 amide bonds. The van der Waals surface area contributed by atoms with Gasteiger partial charge in [-0.05, 0) is 68.2 Å². The molecule has 2 nitrogen and oxygen atoms in total. The summed E-state index contributed by atoms with van der Waals surface area (Å²) in [6, 6.07) is 6.34. The molecule has 2 unspecified atom stereocenters. The summed E-state index contributed by atoms with van der Waals surface area (Å²) >= 11 is 0. The van der Waals surface area contributed by atoms with Crippen molar-refractivity contribution < 1.29 is 4.79 Å². The van der Waals surface area contributed by atoms with Crippen LogP contribution in [-0.2, 0) is 4.79 Å². The average molecular weight is 243 g/mol. The highest BCUT2D eigenvalue weighted by Crippen LogP contribution is 2.54. The first-order valence-corrected chi connectivity index (χ1v) is 6.90. The maximum absolute atomic E-state index is 12.5. The lowest BCUT2D eigenvalue weighted by atomic mass is 10.0. The summed E-state index contributed by atoms with van der Waals surface area (Å²) < 4.78 is 0. The molecule has 0 aromatic heterocycles. The van der Waals surface area contributed by atoms with Gasteiger partial charge < -0.3 is 4.90 Å². The largest absolute Gasteiger partial charge is 0.315 e. The van der Waals surface area contributed by atoms with Crippen LogP contribution < -0.4 is 4.90 Å². The third kappa shape index (κ3) is 2.05. The molecule has 2 fully saturated rings. The summed E-state index contributed by atoms with van der Waals surface area (Å²) in [5.74, 6) is 2.32. The standard InChI is InChI=1S/C16H21NO/c1-10-4-11(2)6-15(5-10)17(3)16(18)14-8-12-7-13(12)9-14/h4-6,12-14H,7-9H2,1-3H3. The molecule has 2 atom stereocenters. The van der Waals surface area contributed by atoms with E-state index in [0.29, 0.717) is 5.91 Å². The number of carbonyl (C=O) groups is 1. The van der Waals surface area contributed by atoms with Crippen molar-refractivity contribution >= 4 is 11.6 Å². The number of benzene rings is 1. The molecule has 0 saturated heterocycles. The van der Waals surface area contributed by atoms with Crippen LogP contribution in [0.1, 0.15) is 30.4 Å². The van der Waals surface area contributed by atoms with E-state index in [1.54, 1.807) is 0 Å². The molecule has 0 heterocycles. The highest BCUT2D eigenvalue weighted by molar-refractivity contribution is 5.95. The van der Waals surface area contributed by atoms with E-state index >= 15 is 0 Å². The lowest BCUT2D eigenvalue weighted by Crippen LogP contribution is -2.32. The molecular weight excluding hydrogens is 222 g/mol. The molecule has 3 rings (SSSR count). The van der Waals surface area contributed by atoms with Gasteiger partial charge in [-0.3, -0.25) is 4.79 Å². The SMILES string of the molecule is Cc1cc(C)cc(N(C)C(=O)C2CC3CC3C2)c1. The number of carbonyl (C=O) groups excluding carboxylic acids is 1. The smallest absolute Gasteiger partial charge is 0.229 e. The van der Waals surface area contributed by atoms with Gasteiger partial charge in [-0.25, -0.2) is 0 Å². The number of amides is 1. The third-order valence-electron chi connectivity index (χ3n) is 4.52. The first kappa shape index (κ1) is 11.8. The van der Waals surface area contributed by atoms with Gasteiger partial charge in [0.1, 0.15) is 0 Å². The van der Waals surface area contributed by atoms with E-state index in [1.165, 1.54) is 17.5 Å². The van der Waals surface area contributed by atoms with Gasteiger partial charge in [-0.2, -0.15) is 0 Å². The van der Waals surface area contributed by atoms with Gasteiger partial charge in [-0.15, -0.1) is 0 Å². The molecule has 2 aliphatic rings. The quantitative estimate of drug-likeness (QED) is 0.780. The van der Waals surface area contributed by atoms with Crippen LogP contribution in [0.2, 0.25) is 0 Å². The molecule has 2 saturated carbocycles. The van der Waals surface area contributed by atoms with Crippen LogP contribution in [0.3, 0.4) is 0 Å². The van der Waals surface area contributed by atoms with Crippen LogP contribution in [0, 0.1) is 31.6 Å². The number of nitrogens with zero attached hydrogens (tertiary/aromatic N) is 1. The molecule has 1 aromatic rings. The number of hydrogen-bond acceptors (Lipinski definition) is 1. The Balaban J connectivity index is 1.76. The first-order chi connectivity index (χ1) is 8.54. The first-order valence-electron chi connectivity index (χ1n) is 6.90. The van der Waals surface area contributed by atoms with E-state index in [-0.39, 0.29) is 5.92 Å². The lowest BCUT2D eigenvalue weighted by Gasteiger charge is -2.22. The molecule has 0 radical (unpaired) electrons. The fourth-order valence-corrected chi connectivity index (χ4v) is 3.46. The van der Waals surface area contributed by atoms with E-state index in [4.69, 9.17) is 0 Å². The average Bonchev–Trinajstić information content (AvgIpc) is 2.93. The summed E-state index contributed by atoms with van der Waals surface area (Å²) in [4.78, 5) is 14.3. The zero-order valence-electron chi connectivity index (χ0n) is 11.4. The third-order valence-corrected chi connectivity index (χ3v) is 4.52. The molecule has 0 spiro atoms. The van der Waals surface area contributed by atoms with Crippen LogP contribution in [-0.4, -0.2) is 13.0 Å². The molecule has 0 aliphatic heterocycles. The fraction of sp³-hybridized carbons (Fsp3) is 0.562. The Kier molecular flexibility index (Phi) is 2.69. The van der Waals surface area contributed by atoms with Crippen LogP contribution in [0.4, 0.5) is 5.69 Å². The molecule has 2 heteroatoms. The summed E-state index contributed by atoms with van der Waals surface area (Å²) in [5, 5.41) is 0. The van der Waals surface area contributed by atoms with Crippen molar-refractivity contribution in [2.45, 2.75) is 33.1 Å². The minimum atomic E-state index is 0.277. The predicted molar refractivity (Wildman–Crippen MR) is 73.6 cm³/mol. The molecule has 96 valence electrons. The van der Waals surface area contributed by atoms with Crippen LogP contribution in [0.25, 0.3) is 0 Å². The monoisotopic (exact) mass is 243 g/mol. The Bertz CT molecular complexity index is 464. The molecule has 0 bridgehead atoms. The van der Waals surface area contributed by atoms with E-state index in [0.717, 1.165) is 30.4 Å². The highest BCUT2D eigenvalue weighted by atomic mass is 16.2. The van der Waals surface area contributed by atoms with Gasteiger partial charge in [-0.1, -0.05) is 6.07 Å². The molecule has 1 aromatic carbocycles. The zero-order chi connectivity index (χ0) is 12.9. The number of aryl methyl sites for hydroxylation is 2. The Labute approximate surface area is 109 Å².